The zero-order valence-corrected chi connectivity index (χ0v) is 11.9. The molecule has 0 heterocycles. The fourth-order valence-electron chi connectivity index (χ4n) is 1.79. The first-order valence-electron chi connectivity index (χ1n) is 7.13. The van der Waals surface area contributed by atoms with Crippen LogP contribution in [0, 0.1) is 5.92 Å². The van der Waals surface area contributed by atoms with Crippen molar-refractivity contribution in [1.29, 1.82) is 0 Å². The molecule has 1 aliphatic rings. The van der Waals surface area contributed by atoms with Gasteiger partial charge in [0.05, 0.1) is 19.7 Å². The van der Waals surface area contributed by atoms with Crippen molar-refractivity contribution in [2.45, 2.75) is 19.4 Å². The van der Waals surface area contributed by atoms with E-state index in [2.05, 4.69) is 10.6 Å². The van der Waals surface area contributed by atoms with Gasteiger partial charge in [-0.05, 0) is 24.8 Å². The molecule has 2 rings (SSSR count). The Balaban J connectivity index is 1.78. The van der Waals surface area contributed by atoms with E-state index >= 15 is 0 Å². The molecule has 0 aliphatic heterocycles. The van der Waals surface area contributed by atoms with Crippen LogP contribution >= 0.6 is 0 Å². The standard InChI is InChI=1S/C15H21N3O3/c16-7-14(19)18-9-15(20)17-8-12-3-1-2-4-13(12)21-10-11-5-6-11/h1-4,11H,5-10,16H2,(H,17,20)(H,18,19). The van der Waals surface area contributed by atoms with E-state index < -0.39 is 0 Å². The zero-order chi connectivity index (χ0) is 15.1. The Morgan fingerprint density at radius 2 is 1.95 bits per heavy atom. The Bertz CT molecular complexity index is 501. The van der Waals surface area contributed by atoms with E-state index in [0.29, 0.717) is 12.5 Å². The summed E-state index contributed by atoms with van der Waals surface area (Å²) in [5.41, 5.74) is 6.07. The zero-order valence-electron chi connectivity index (χ0n) is 11.9. The van der Waals surface area contributed by atoms with Gasteiger partial charge < -0.3 is 21.1 Å². The quantitative estimate of drug-likeness (QED) is 0.636. The second-order valence-electron chi connectivity index (χ2n) is 5.12. The highest BCUT2D eigenvalue weighted by atomic mass is 16.5. The average Bonchev–Trinajstić information content (AvgIpc) is 3.33. The lowest BCUT2D eigenvalue weighted by atomic mass is 10.2. The molecular weight excluding hydrogens is 270 g/mol. The van der Waals surface area contributed by atoms with Crippen molar-refractivity contribution in [3.05, 3.63) is 29.8 Å². The Morgan fingerprint density at radius 3 is 2.67 bits per heavy atom. The van der Waals surface area contributed by atoms with Crippen molar-refractivity contribution < 1.29 is 14.3 Å². The third-order valence-electron chi connectivity index (χ3n) is 3.25. The molecule has 0 radical (unpaired) electrons. The highest BCUT2D eigenvalue weighted by Crippen LogP contribution is 2.30. The van der Waals surface area contributed by atoms with Crippen LogP contribution in [0.25, 0.3) is 0 Å². The van der Waals surface area contributed by atoms with Crippen molar-refractivity contribution in [3.63, 3.8) is 0 Å². The van der Waals surface area contributed by atoms with E-state index in [1.54, 1.807) is 0 Å². The summed E-state index contributed by atoms with van der Waals surface area (Å²) in [5.74, 6) is 0.877. The van der Waals surface area contributed by atoms with Crippen LogP contribution in [-0.4, -0.2) is 31.5 Å². The number of nitrogens with one attached hydrogen (secondary N) is 2. The van der Waals surface area contributed by atoms with E-state index in [4.69, 9.17) is 10.5 Å². The molecule has 1 fully saturated rings. The summed E-state index contributed by atoms with van der Waals surface area (Å²) in [6, 6.07) is 7.64. The van der Waals surface area contributed by atoms with Gasteiger partial charge in [-0.2, -0.15) is 0 Å². The van der Waals surface area contributed by atoms with Crippen LogP contribution in [0.15, 0.2) is 24.3 Å². The number of carbonyl (C=O) groups is 2. The van der Waals surface area contributed by atoms with Crippen molar-refractivity contribution in [2.24, 2.45) is 11.7 Å². The monoisotopic (exact) mass is 291 g/mol. The summed E-state index contributed by atoms with van der Waals surface area (Å²) < 4.78 is 5.77. The highest BCUT2D eigenvalue weighted by molar-refractivity contribution is 5.85. The van der Waals surface area contributed by atoms with Crippen LogP contribution in [0.5, 0.6) is 5.75 Å². The SMILES string of the molecule is NCC(=O)NCC(=O)NCc1ccccc1OCC1CC1. The van der Waals surface area contributed by atoms with Gasteiger partial charge in [-0.1, -0.05) is 18.2 Å². The molecule has 21 heavy (non-hydrogen) atoms. The fourth-order valence-corrected chi connectivity index (χ4v) is 1.79. The molecule has 1 aromatic rings. The summed E-state index contributed by atoms with van der Waals surface area (Å²) in [5, 5.41) is 5.17. The van der Waals surface area contributed by atoms with Crippen LogP contribution < -0.4 is 21.1 Å². The third-order valence-corrected chi connectivity index (χ3v) is 3.25. The molecule has 0 unspecified atom stereocenters. The number of amides is 2. The number of hydrogen-bond acceptors (Lipinski definition) is 4. The molecule has 1 aromatic carbocycles. The third kappa shape index (κ3) is 5.43. The Hall–Kier alpha value is -2.08. The predicted molar refractivity (Wildman–Crippen MR) is 78.6 cm³/mol. The van der Waals surface area contributed by atoms with Gasteiger partial charge in [0.2, 0.25) is 11.8 Å². The van der Waals surface area contributed by atoms with Crippen molar-refractivity contribution in [1.82, 2.24) is 10.6 Å². The number of rotatable bonds is 8. The smallest absolute Gasteiger partial charge is 0.239 e. The van der Waals surface area contributed by atoms with Gasteiger partial charge in [-0.25, -0.2) is 0 Å². The van der Waals surface area contributed by atoms with E-state index in [9.17, 15) is 9.59 Å². The summed E-state index contributed by atoms with van der Waals surface area (Å²) in [6.45, 7) is 0.919. The molecule has 2 amide bonds. The minimum Gasteiger partial charge on any atom is -0.493 e. The molecule has 1 aliphatic carbocycles. The molecule has 0 atom stereocenters. The first-order chi connectivity index (χ1) is 10.2. The van der Waals surface area contributed by atoms with Crippen molar-refractivity contribution >= 4 is 11.8 Å². The van der Waals surface area contributed by atoms with Gasteiger partial charge in [-0.15, -0.1) is 0 Å². The summed E-state index contributed by atoms with van der Waals surface area (Å²) >= 11 is 0. The van der Waals surface area contributed by atoms with Crippen LogP contribution in [0.1, 0.15) is 18.4 Å². The number of benzene rings is 1. The second kappa shape index (κ2) is 7.64. The number of carbonyl (C=O) groups excluding carboxylic acids is 2. The summed E-state index contributed by atoms with van der Waals surface area (Å²) in [4.78, 5) is 22.6. The van der Waals surface area contributed by atoms with E-state index in [0.717, 1.165) is 17.9 Å². The van der Waals surface area contributed by atoms with Gasteiger partial charge in [0.1, 0.15) is 5.75 Å². The molecule has 4 N–H and O–H groups in total. The van der Waals surface area contributed by atoms with Gasteiger partial charge in [-0.3, -0.25) is 9.59 Å². The highest BCUT2D eigenvalue weighted by Gasteiger charge is 2.22. The minimum atomic E-state index is -0.349. The van der Waals surface area contributed by atoms with Crippen LogP contribution in [-0.2, 0) is 16.1 Å². The Labute approximate surface area is 124 Å². The number of ether oxygens (including phenoxy) is 1. The molecule has 6 heteroatoms. The lowest BCUT2D eigenvalue weighted by Crippen LogP contribution is -2.39. The van der Waals surface area contributed by atoms with E-state index in [1.807, 2.05) is 24.3 Å². The van der Waals surface area contributed by atoms with Crippen molar-refractivity contribution in [2.75, 3.05) is 19.7 Å². The number of para-hydroxylation sites is 1. The molecule has 0 saturated heterocycles. The Morgan fingerprint density at radius 1 is 1.19 bits per heavy atom. The summed E-state index contributed by atoms with van der Waals surface area (Å²) in [6.07, 6.45) is 2.47. The van der Waals surface area contributed by atoms with E-state index in [1.165, 1.54) is 12.8 Å². The number of nitrogens with two attached hydrogens (primary N) is 1. The van der Waals surface area contributed by atoms with Crippen LogP contribution in [0.2, 0.25) is 0 Å². The first-order valence-corrected chi connectivity index (χ1v) is 7.13. The van der Waals surface area contributed by atoms with Gasteiger partial charge in [0.15, 0.2) is 0 Å². The molecular formula is C15H21N3O3. The van der Waals surface area contributed by atoms with Crippen molar-refractivity contribution in [3.8, 4) is 5.75 Å². The maximum absolute atomic E-state index is 11.6. The second-order valence-corrected chi connectivity index (χ2v) is 5.12. The topological polar surface area (TPSA) is 93.5 Å². The molecule has 0 aromatic heterocycles. The van der Waals surface area contributed by atoms with Gasteiger partial charge in [0.25, 0.3) is 0 Å². The lowest BCUT2D eigenvalue weighted by molar-refractivity contribution is -0.125. The molecule has 1 saturated carbocycles. The largest absolute Gasteiger partial charge is 0.493 e. The Kier molecular flexibility index (Phi) is 5.57. The molecule has 6 nitrogen and oxygen atoms in total. The number of hydrogen-bond donors (Lipinski definition) is 3. The predicted octanol–water partition coefficient (Wildman–Crippen LogP) is 0.167. The maximum Gasteiger partial charge on any atom is 0.239 e. The maximum atomic E-state index is 11.6. The summed E-state index contributed by atoms with van der Waals surface area (Å²) in [7, 11) is 0. The first kappa shape index (κ1) is 15.3. The van der Waals surface area contributed by atoms with E-state index in [-0.39, 0.29) is 24.9 Å². The van der Waals surface area contributed by atoms with Crippen LogP contribution in [0.3, 0.4) is 0 Å². The average molecular weight is 291 g/mol. The van der Waals surface area contributed by atoms with Gasteiger partial charge >= 0.3 is 0 Å². The molecule has 114 valence electrons. The minimum absolute atomic E-state index is 0.0683. The lowest BCUT2D eigenvalue weighted by Gasteiger charge is -2.12. The molecule has 0 bridgehead atoms. The fraction of sp³-hybridized carbons (Fsp3) is 0.467. The molecule has 0 spiro atoms. The van der Waals surface area contributed by atoms with Gasteiger partial charge in [0, 0.05) is 12.1 Å². The van der Waals surface area contributed by atoms with Crippen LogP contribution in [0.4, 0.5) is 0 Å². The normalized spacial score (nSPS) is 13.6.